The van der Waals surface area contributed by atoms with Crippen LogP contribution in [0.4, 0.5) is 0 Å². The minimum atomic E-state index is -0.355. The van der Waals surface area contributed by atoms with Gasteiger partial charge in [0.1, 0.15) is 0 Å². The topological polar surface area (TPSA) is 23.5 Å². The number of nitrogens with zero attached hydrogens (tertiary/aromatic N) is 1. The molecule has 2 unspecified atom stereocenters. The Morgan fingerprint density at radius 1 is 1.33 bits per heavy atom. The fourth-order valence-electron chi connectivity index (χ4n) is 2.95. The van der Waals surface area contributed by atoms with Gasteiger partial charge in [-0.25, -0.2) is 0 Å². The minimum absolute atomic E-state index is 0.355. The van der Waals surface area contributed by atoms with Crippen molar-refractivity contribution in [3.05, 3.63) is 34.9 Å². The molecule has 18 heavy (non-hydrogen) atoms. The molecule has 1 aliphatic rings. The molecule has 0 bridgehead atoms. The highest BCUT2D eigenvalue weighted by atomic mass is 16.3. The van der Waals surface area contributed by atoms with Crippen LogP contribution >= 0.6 is 0 Å². The second-order valence-electron chi connectivity index (χ2n) is 5.72. The van der Waals surface area contributed by atoms with Crippen molar-refractivity contribution < 1.29 is 5.11 Å². The van der Waals surface area contributed by atoms with Crippen LogP contribution in [0.3, 0.4) is 0 Å². The van der Waals surface area contributed by atoms with Crippen molar-refractivity contribution in [2.75, 3.05) is 13.1 Å². The molecule has 0 amide bonds. The third-order valence-electron chi connectivity index (χ3n) is 4.13. The van der Waals surface area contributed by atoms with Crippen LogP contribution < -0.4 is 0 Å². The van der Waals surface area contributed by atoms with Crippen LogP contribution in [0, 0.1) is 13.8 Å². The Kier molecular flexibility index (Phi) is 4.41. The maximum Gasteiger partial charge on any atom is 0.0919 e. The highest BCUT2D eigenvalue weighted by molar-refractivity contribution is 5.32. The molecule has 2 atom stereocenters. The van der Waals surface area contributed by atoms with Crippen LogP contribution in [0.25, 0.3) is 0 Å². The molecule has 2 heteroatoms. The third kappa shape index (κ3) is 3.12. The van der Waals surface area contributed by atoms with Gasteiger partial charge in [0.2, 0.25) is 0 Å². The summed E-state index contributed by atoms with van der Waals surface area (Å²) in [6, 6.07) is 6.92. The molecule has 0 aromatic heterocycles. The van der Waals surface area contributed by atoms with E-state index in [0.717, 1.165) is 18.7 Å². The molecular weight excluding hydrogens is 222 g/mol. The zero-order chi connectivity index (χ0) is 13.1. The summed E-state index contributed by atoms with van der Waals surface area (Å²) in [5.41, 5.74) is 3.54. The Hall–Kier alpha value is -0.860. The van der Waals surface area contributed by atoms with Crippen LogP contribution in [-0.4, -0.2) is 29.1 Å². The summed E-state index contributed by atoms with van der Waals surface area (Å²) in [5, 5.41) is 10.4. The first-order valence-electron chi connectivity index (χ1n) is 7.07. The first-order chi connectivity index (χ1) is 8.58. The zero-order valence-electron chi connectivity index (χ0n) is 11.8. The van der Waals surface area contributed by atoms with E-state index in [1.807, 2.05) is 0 Å². The van der Waals surface area contributed by atoms with E-state index in [9.17, 15) is 5.11 Å². The summed E-state index contributed by atoms with van der Waals surface area (Å²) in [6.45, 7) is 8.35. The lowest BCUT2D eigenvalue weighted by Gasteiger charge is -2.35. The molecule has 1 fully saturated rings. The standard InChI is InChI=1S/C16H25NO/c1-12-7-8-15(13(2)10-12)16(18)11-17-9-5-4-6-14(17)3/h7-8,10,14,16,18H,4-6,9,11H2,1-3H3. The lowest BCUT2D eigenvalue weighted by atomic mass is 9.98. The summed E-state index contributed by atoms with van der Waals surface area (Å²) >= 11 is 0. The van der Waals surface area contributed by atoms with Crippen molar-refractivity contribution in [2.24, 2.45) is 0 Å². The quantitative estimate of drug-likeness (QED) is 0.886. The van der Waals surface area contributed by atoms with E-state index in [4.69, 9.17) is 0 Å². The third-order valence-corrected chi connectivity index (χ3v) is 4.13. The van der Waals surface area contributed by atoms with Gasteiger partial charge < -0.3 is 5.11 Å². The number of hydrogen-bond donors (Lipinski definition) is 1. The van der Waals surface area contributed by atoms with Gasteiger partial charge in [0.05, 0.1) is 6.10 Å². The lowest BCUT2D eigenvalue weighted by Crippen LogP contribution is -2.40. The first kappa shape index (κ1) is 13.6. The number of β-amino-alcohol motifs (C(OH)–C–C–N with tert-alkyl or cyclic N) is 1. The van der Waals surface area contributed by atoms with Gasteiger partial charge in [-0.1, -0.05) is 30.2 Å². The number of aliphatic hydroxyl groups is 1. The molecule has 1 aromatic rings. The predicted molar refractivity (Wildman–Crippen MR) is 75.8 cm³/mol. The van der Waals surface area contributed by atoms with Crippen molar-refractivity contribution >= 4 is 0 Å². The monoisotopic (exact) mass is 247 g/mol. The summed E-state index contributed by atoms with van der Waals surface area (Å²) in [6.07, 6.45) is 3.51. The Morgan fingerprint density at radius 2 is 2.11 bits per heavy atom. The van der Waals surface area contributed by atoms with Crippen LogP contribution in [0.1, 0.15) is 49.0 Å². The molecular formula is C16H25NO. The van der Waals surface area contributed by atoms with Crippen molar-refractivity contribution in [1.82, 2.24) is 4.90 Å². The van der Waals surface area contributed by atoms with E-state index in [0.29, 0.717) is 6.04 Å². The first-order valence-corrected chi connectivity index (χ1v) is 7.07. The second-order valence-corrected chi connectivity index (χ2v) is 5.72. The number of rotatable bonds is 3. The molecule has 1 saturated heterocycles. The number of hydrogen-bond acceptors (Lipinski definition) is 2. The van der Waals surface area contributed by atoms with E-state index in [-0.39, 0.29) is 6.10 Å². The number of piperidine rings is 1. The summed E-state index contributed by atoms with van der Waals surface area (Å²) in [5.74, 6) is 0. The number of benzene rings is 1. The van der Waals surface area contributed by atoms with Crippen LogP contribution in [0.5, 0.6) is 0 Å². The molecule has 2 nitrogen and oxygen atoms in total. The Bertz CT molecular complexity index is 402. The highest BCUT2D eigenvalue weighted by Gasteiger charge is 2.22. The van der Waals surface area contributed by atoms with Gasteiger partial charge in [-0.2, -0.15) is 0 Å². The Balaban J connectivity index is 2.04. The van der Waals surface area contributed by atoms with Crippen molar-refractivity contribution in [2.45, 2.75) is 52.2 Å². The molecule has 1 aliphatic heterocycles. The van der Waals surface area contributed by atoms with Gasteiger partial charge in [0.15, 0.2) is 0 Å². The maximum atomic E-state index is 10.4. The van der Waals surface area contributed by atoms with E-state index >= 15 is 0 Å². The predicted octanol–water partition coefficient (Wildman–Crippen LogP) is 3.21. The summed E-state index contributed by atoms with van der Waals surface area (Å²) in [7, 11) is 0. The molecule has 0 radical (unpaired) electrons. The zero-order valence-corrected chi connectivity index (χ0v) is 11.8. The molecule has 2 rings (SSSR count). The van der Waals surface area contributed by atoms with Gasteiger partial charge >= 0.3 is 0 Å². The molecule has 1 N–H and O–H groups in total. The SMILES string of the molecule is Cc1ccc(C(O)CN2CCCCC2C)c(C)c1. The number of aryl methyl sites for hydroxylation is 2. The maximum absolute atomic E-state index is 10.4. The fourth-order valence-corrected chi connectivity index (χ4v) is 2.95. The van der Waals surface area contributed by atoms with Gasteiger partial charge in [-0.3, -0.25) is 4.90 Å². The van der Waals surface area contributed by atoms with Gasteiger partial charge in [-0.15, -0.1) is 0 Å². The molecule has 0 aliphatic carbocycles. The average Bonchev–Trinajstić information content (AvgIpc) is 2.32. The number of aliphatic hydroxyl groups excluding tert-OH is 1. The fraction of sp³-hybridized carbons (Fsp3) is 0.625. The minimum Gasteiger partial charge on any atom is -0.387 e. The molecule has 0 spiro atoms. The highest BCUT2D eigenvalue weighted by Crippen LogP contribution is 2.23. The smallest absolute Gasteiger partial charge is 0.0919 e. The largest absolute Gasteiger partial charge is 0.387 e. The van der Waals surface area contributed by atoms with Gasteiger partial charge in [0, 0.05) is 12.6 Å². The van der Waals surface area contributed by atoms with Crippen molar-refractivity contribution in [1.29, 1.82) is 0 Å². The summed E-state index contributed by atoms with van der Waals surface area (Å²) in [4.78, 5) is 2.42. The second kappa shape index (κ2) is 5.85. The lowest BCUT2D eigenvalue weighted by molar-refractivity contribution is 0.0729. The Morgan fingerprint density at radius 3 is 2.78 bits per heavy atom. The van der Waals surface area contributed by atoms with Crippen molar-refractivity contribution in [3.63, 3.8) is 0 Å². The normalized spacial score (nSPS) is 23.0. The van der Waals surface area contributed by atoms with Crippen LogP contribution in [-0.2, 0) is 0 Å². The van der Waals surface area contributed by atoms with E-state index < -0.39 is 0 Å². The van der Waals surface area contributed by atoms with E-state index in [1.165, 1.54) is 30.4 Å². The summed E-state index contributed by atoms with van der Waals surface area (Å²) < 4.78 is 0. The van der Waals surface area contributed by atoms with Crippen LogP contribution in [0.15, 0.2) is 18.2 Å². The molecule has 1 heterocycles. The molecule has 100 valence electrons. The molecule has 1 aromatic carbocycles. The average molecular weight is 247 g/mol. The van der Waals surface area contributed by atoms with Gasteiger partial charge in [-0.05, 0) is 51.3 Å². The van der Waals surface area contributed by atoms with Crippen LogP contribution in [0.2, 0.25) is 0 Å². The van der Waals surface area contributed by atoms with Crippen molar-refractivity contribution in [3.8, 4) is 0 Å². The van der Waals surface area contributed by atoms with Gasteiger partial charge in [0.25, 0.3) is 0 Å². The Labute approximate surface area is 111 Å². The number of likely N-dealkylation sites (tertiary alicyclic amines) is 1. The molecule has 0 saturated carbocycles. The van der Waals surface area contributed by atoms with E-state index in [1.54, 1.807) is 0 Å². The van der Waals surface area contributed by atoms with E-state index in [2.05, 4.69) is 43.9 Å².